The van der Waals surface area contributed by atoms with Crippen LogP contribution in [0.2, 0.25) is 5.02 Å². The molecule has 1 atom stereocenters. The van der Waals surface area contributed by atoms with E-state index in [-0.39, 0.29) is 11.2 Å². The molecule has 0 saturated carbocycles. The summed E-state index contributed by atoms with van der Waals surface area (Å²) in [6, 6.07) is 14.8. The van der Waals surface area contributed by atoms with Crippen LogP contribution in [0.1, 0.15) is 13.8 Å². The van der Waals surface area contributed by atoms with E-state index >= 15 is 0 Å². The summed E-state index contributed by atoms with van der Waals surface area (Å²) in [5, 5.41) is 3.39. The zero-order valence-electron chi connectivity index (χ0n) is 12.5. The first-order valence-corrected chi connectivity index (χ1v) is 8.30. The maximum Gasteiger partial charge on any atom is 0.237 e. The monoisotopic (exact) mass is 335 g/mol. The van der Waals surface area contributed by atoms with Crippen LogP contribution in [0.3, 0.4) is 0 Å². The maximum atomic E-state index is 12.2. The number of carbonyl (C=O) groups is 1. The number of halogens is 1. The minimum atomic E-state index is -0.201. The summed E-state index contributed by atoms with van der Waals surface area (Å²) in [6.45, 7) is 4.44. The predicted molar refractivity (Wildman–Crippen MR) is 93.0 cm³/mol. The maximum absolute atomic E-state index is 12.2. The highest BCUT2D eigenvalue weighted by atomic mass is 35.5. The molecule has 0 bridgehead atoms. The van der Waals surface area contributed by atoms with Gasteiger partial charge in [0.1, 0.15) is 5.75 Å². The molecule has 0 saturated heterocycles. The standard InChI is InChI=1S/C17H18ClNO2S/c1-3-21-15-8-6-14(7-9-15)19-17(20)12(2)22-16-10-4-13(18)5-11-16/h4-12H,3H2,1-2H3,(H,19,20)/t12-/m0/s1. The largest absolute Gasteiger partial charge is 0.494 e. The molecule has 1 N–H and O–H groups in total. The Balaban J connectivity index is 1.91. The lowest BCUT2D eigenvalue weighted by Crippen LogP contribution is -2.22. The average molecular weight is 336 g/mol. The Hall–Kier alpha value is -1.65. The van der Waals surface area contributed by atoms with Gasteiger partial charge in [-0.05, 0) is 62.4 Å². The summed E-state index contributed by atoms with van der Waals surface area (Å²) < 4.78 is 5.37. The van der Waals surface area contributed by atoms with Crippen molar-refractivity contribution in [2.45, 2.75) is 24.0 Å². The van der Waals surface area contributed by atoms with E-state index in [0.29, 0.717) is 11.6 Å². The van der Waals surface area contributed by atoms with Crippen molar-refractivity contribution in [2.24, 2.45) is 0 Å². The van der Waals surface area contributed by atoms with Gasteiger partial charge in [0.25, 0.3) is 0 Å². The molecule has 0 fully saturated rings. The molecule has 0 heterocycles. The number of hydrogen-bond acceptors (Lipinski definition) is 3. The van der Waals surface area contributed by atoms with Crippen LogP contribution in [0.15, 0.2) is 53.4 Å². The molecule has 22 heavy (non-hydrogen) atoms. The molecule has 0 radical (unpaired) electrons. The van der Waals surface area contributed by atoms with E-state index in [9.17, 15) is 4.79 Å². The van der Waals surface area contributed by atoms with Crippen LogP contribution in [0, 0.1) is 0 Å². The van der Waals surface area contributed by atoms with Gasteiger partial charge in [0.15, 0.2) is 0 Å². The summed E-state index contributed by atoms with van der Waals surface area (Å²) >= 11 is 7.35. The van der Waals surface area contributed by atoms with Crippen LogP contribution in [-0.4, -0.2) is 17.8 Å². The Labute approximate surface area is 140 Å². The molecule has 0 aliphatic carbocycles. The summed E-state index contributed by atoms with van der Waals surface area (Å²) in [5.41, 5.74) is 0.761. The quantitative estimate of drug-likeness (QED) is 0.766. The lowest BCUT2D eigenvalue weighted by Gasteiger charge is -2.12. The number of thioether (sulfide) groups is 1. The molecule has 0 spiro atoms. The molecule has 0 aliphatic rings. The van der Waals surface area contributed by atoms with Gasteiger partial charge in [-0.1, -0.05) is 11.6 Å². The van der Waals surface area contributed by atoms with Gasteiger partial charge in [-0.25, -0.2) is 0 Å². The summed E-state index contributed by atoms with van der Waals surface area (Å²) in [5.74, 6) is 0.758. The van der Waals surface area contributed by atoms with Gasteiger partial charge in [0, 0.05) is 15.6 Å². The van der Waals surface area contributed by atoms with Crippen molar-refractivity contribution < 1.29 is 9.53 Å². The first-order valence-electron chi connectivity index (χ1n) is 7.04. The second-order valence-electron chi connectivity index (χ2n) is 4.66. The highest BCUT2D eigenvalue weighted by Gasteiger charge is 2.14. The number of nitrogens with one attached hydrogen (secondary N) is 1. The van der Waals surface area contributed by atoms with Crippen LogP contribution in [0.25, 0.3) is 0 Å². The van der Waals surface area contributed by atoms with Crippen LogP contribution in [0.4, 0.5) is 5.69 Å². The van der Waals surface area contributed by atoms with Crippen molar-refractivity contribution in [2.75, 3.05) is 11.9 Å². The summed E-state index contributed by atoms with van der Waals surface area (Å²) in [6.07, 6.45) is 0. The van der Waals surface area contributed by atoms with E-state index < -0.39 is 0 Å². The van der Waals surface area contributed by atoms with Crippen LogP contribution in [0.5, 0.6) is 5.75 Å². The molecule has 0 aromatic heterocycles. The number of benzene rings is 2. The molecule has 116 valence electrons. The molecule has 1 amide bonds. The van der Waals surface area contributed by atoms with Gasteiger partial charge in [0.05, 0.1) is 11.9 Å². The molecule has 2 aromatic carbocycles. The van der Waals surface area contributed by atoms with Gasteiger partial charge >= 0.3 is 0 Å². The third-order valence-corrected chi connectivity index (χ3v) is 4.29. The molecule has 0 unspecified atom stereocenters. The summed E-state index contributed by atoms with van der Waals surface area (Å²) in [7, 11) is 0. The van der Waals surface area contributed by atoms with Crippen molar-refractivity contribution in [1.29, 1.82) is 0 Å². The SMILES string of the molecule is CCOc1ccc(NC(=O)[C@H](C)Sc2ccc(Cl)cc2)cc1. The number of hydrogen-bond donors (Lipinski definition) is 1. The van der Waals surface area contributed by atoms with Gasteiger partial charge in [0.2, 0.25) is 5.91 Å². The van der Waals surface area contributed by atoms with Gasteiger partial charge < -0.3 is 10.1 Å². The number of ether oxygens (including phenoxy) is 1. The molecule has 2 aromatic rings. The van der Waals surface area contributed by atoms with E-state index in [1.165, 1.54) is 11.8 Å². The topological polar surface area (TPSA) is 38.3 Å². The number of amides is 1. The van der Waals surface area contributed by atoms with Crippen molar-refractivity contribution in [3.8, 4) is 5.75 Å². The van der Waals surface area contributed by atoms with Crippen LogP contribution >= 0.6 is 23.4 Å². The Morgan fingerprint density at radius 3 is 2.41 bits per heavy atom. The molecular formula is C17H18ClNO2S. The summed E-state index contributed by atoms with van der Waals surface area (Å²) in [4.78, 5) is 13.2. The molecular weight excluding hydrogens is 318 g/mol. The van der Waals surface area contributed by atoms with E-state index in [1.807, 2.05) is 62.4 Å². The fourth-order valence-electron chi connectivity index (χ4n) is 1.82. The average Bonchev–Trinajstić information content (AvgIpc) is 2.51. The molecule has 5 heteroatoms. The van der Waals surface area contributed by atoms with Crippen molar-refractivity contribution in [1.82, 2.24) is 0 Å². The normalized spacial score (nSPS) is 11.8. The third kappa shape index (κ3) is 4.97. The Morgan fingerprint density at radius 2 is 1.82 bits per heavy atom. The van der Waals surface area contributed by atoms with Crippen molar-refractivity contribution >= 4 is 35.0 Å². The minimum Gasteiger partial charge on any atom is -0.494 e. The smallest absolute Gasteiger partial charge is 0.237 e. The fraction of sp³-hybridized carbons (Fsp3) is 0.235. The van der Waals surface area contributed by atoms with Gasteiger partial charge in [-0.15, -0.1) is 11.8 Å². The lowest BCUT2D eigenvalue weighted by molar-refractivity contribution is -0.115. The first kappa shape index (κ1) is 16.7. The van der Waals surface area contributed by atoms with Crippen LogP contribution in [-0.2, 0) is 4.79 Å². The van der Waals surface area contributed by atoms with Gasteiger partial charge in [-0.2, -0.15) is 0 Å². The number of anilines is 1. The van der Waals surface area contributed by atoms with E-state index in [4.69, 9.17) is 16.3 Å². The Kier molecular flexibility index (Phi) is 6.16. The molecule has 3 nitrogen and oxygen atoms in total. The zero-order valence-corrected chi connectivity index (χ0v) is 14.1. The number of carbonyl (C=O) groups excluding carboxylic acids is 1. The predicted octanol–water partition coefficient (Wildman–Crippen LogP) is 4.86. The highest BCUT2D eigenvalue weighted by Crippen LogP contribution is 2.25. The third-order valence-electron chi connectivity index (χ3n) is 2.93. The van der Waals surface area contributed by atoms with Crippen molar-refractivity contribution in [3.63, 3.8) is 0 Å². The second kappa shape index (κ2) is 8.11. The van der Waals surface area contributed by atoms with E-state index in [1.54, 1.807) is 0 Å². The lowest BCUT2D eigenvalue weighted by atomic mass is 10.3. The highest BCUT2D eigenvalue weighted by molar-refractivity contribution is 8.00. The fourth-order valence-corrected chi connectivity index (χ4v) is 2.81. The number of rotatable bonds is 6. The van der Waals surface area contributed by atoms with Crippen LogP contribution < -0.4 is 10.1 Å². The van der Waals surface area contributed by atoms with E-state index in [2.05, 4.69) is 5.32 Å². The minimum absolute atomic E-state index is 0.0379. The first-order chi connectivity index (χ1) is 10.6. The molecule has 0 aliphatic heterocycles. The van der Waals surface area contributed by atoms with E-state index in [0.717, 1.165) is 16.3 Å². The Morgan fingerprint density at radius 1 is 1.18 bits per heavy atom. The second-order valence-corrected chi connectivity index (χ2v) is 6.51. The van der Waals surface area contributed by atoms with Gasteiger partial charge in [-0.3, -0.25) is 4.79 Å². The zero-order chi connectivity index (χ0) is 15.9. The van der Waals surface area contributed by atoms with Crippen molar-refractivity contribution in [3.05, 3.63) is 53.6 Å². The Bertz CT molecular complexity index is 614. The molecule has 2 rings (SSSR count).